The highest BCUT2D eigenvalue weighted by molar-refractivity contribution is 5.35. The molecule has 5 nitrogen and oxygen atoms in total. The van der Waals surface area contributed by atoms with Crippen molar-refractivity contribution in [3.63, 3.8) is 0 Å². The molecule has 0 bridgehead atoms. The zero-order chi connectivity index (χ0) is 11.1. The molecule has 80 valence electrons. The summed E-state index contributed by atoms with van der Waals surface area (Å²) in [7, 11) is 1.56. The van der Waals surface area contributed by atoms with Crippen molar-refractivity contribution in [1.82, 2.24) is 0 Å². The second-order valence-corrected chi connectivity index (χ2v) is 2.97. The first-order valence-corrected chi connectivity index (χ1v) is 4.61. The molecule has 1 rings (SSSR count). The van der Waals surface area contributed by atoms with E-state index in [1.807, 2.05) is 18.2 Å². The summed E-state index contributed by atoms with van der Waals surface area (Å²) in [6.45, 7) is -0.0261. The number of azide groups is 1. The van der Waals surface area contributed by atoms with E-state index in [1.54, 1.807) is 13.2 Å². The van der Waals surface area contributed by atoms with Gasteiger partial charge in [0, 0.05) is 17.1 Å². The van der Waals surface area contributed by atoms with Crippen molar-refractivity contribution in [3.8, 4) is 5.75 Å². The van der Waals surface area contributed by atoms with Crippen LogP contribution in [0.15, 0.2) is 29.4 Å². The number of aliphatic hydroxyl groups is 1. The number of benzene rings is 1. The number of nitrogens with zero attached hydrogens (tertiary/aromatic N) is 3. The minimum atomic E-state index is -0.379. The van der Waals surface area contributed by atoms with Crippen molar-refractivity contribution in [2.45, 2.75) is 12.5 Å². The second kappa shape index (κ2) is 5.90. The first-order valence-electron chi connectivity index (χ1n) is 4.61. The average Bonchev–Trinajstić information content (AvgIpc) is 2.29. The molecule has 0 aliphatic rings. The minimum absolute atomic E-state index is 0.0261. The second-order valence-electron chi connectivity index (χ2n) is 2.97. The standard InChI is InChI=1S/C10H13N3O2/c1-15-10-5-3-2-4-8(10)9(6-7-14)12-13-11/h2-5,9,14H,6-7H2,1H3. The number of ether oxygens (including phenoxy) is 1. The van der Waals surface area contributed by atoms with Gasteiger partial charge in [-0.05, 0) is 18.0 Å². The van der Waals surface area contributed by atoms with Crippen molar-refractivity contribution in [3.05, 3.63) is 40.3 Å². The third-order valence-corrected chi connectivity index (χ3v) is 2.09. The Morgan fingerprint density at radius 1 is 1.53 bits per heavy atom. The van der Waals surface area contributed by atoms with Crippen LogP contribution in [0.25, 0.3) is 10.4 Å². The van der Waals surface area contributed by atoms with Crippen LogP contribution in [0.5, 0.6) is 5.75 Å². The molecule has 1 unspecified atom stereocenters. The molecule has 0 aliphatic heterocycles. The molecule has 0 saturated carbocycles. The van der Waals surface area contributed by atoms with E-state index in [9.17, 15) is 0 Å². The van der Waals surface area contributed by atoms with Crippen LogP contribution in [0.1, 0.15) is 18.0 Å². The molecular formula is C10H13N3O2. The lowest BCUT2D eigenvalue weighted by molar-refractivity contribution is 0.275. The molecular weight excluding hydrogens is 194 g/mol. The molecule has 0 saturated heterocycles. The fourth-order valence-corrected chi connectivity index (χ4v) is 1.40. The van der Waals surface area contributed by atoms with E-state index in [0.29, 0.717) is 12.2 Å². The van der Waals surface area contributed by atoms with Gasteiger partial charge in [-0.1, -0.05) is 23.3 Å². The molecule has 0 spiro atoms. The lowest BCUT2D eigenvalue weighted by atomic mass is 10.0. The number of aliphatic hydroxyl groups excluding tert-OH is 1. The fourth-order valence-electron chi connectivity index (χ4n) is 1.40. The molecule has 0 radical (unpaired) electrons. The molecule has 0 aromatic heterocycles. The number of hydrogen-bond acceptors (Lipinski definition) is 3. The number of rotatable bonds is 5. The van der Waals surface area contributed by atoms with E-state index in [4.69, 9.17) is 15.4 Å². The van der Waals surface area contributed by atoms with Crippen LogP contribution < -0.4 is 4.74 Å². The Morgan fingerprint density at radius 2 is 2.27 bits per heavy atom. The zero-order valence-electron chi connectivity index (χ0n) is 8.50. The summed E-state index contributed by atoms with van der Waals surface area (Å²) < 4.78 is 5.15. The van der Waals surface area contributed by atoms with E-state index in [2.05, 4.69) is 10.0 Å². The van der Waals surface area contributed by atoms with Crippen LogP contribution in [-0.4, -0.2) is 18.8 Å². The maximum atomic E-state index is 8.86. The summed E-state index contributed by atoms with van der Waals surface area (Å²) in [6, 6.07) is 6.93. The number of hydrogen-bond donors (Lipinski definition) is 1. The van der Waals surface area contributed by atoms with Crippen molar-refractivity contribution < 1.29 is 9.84 Å². The minimum Gasteiger partial charge on any atom is -0.496 e. The van der Waals surface area contributed by atoms with E-state index in [1.165, 1.54) is 0 Å². The van der Waals surface area contributed by atoms with Crippen LogP contribution in [-0.2, 0) is 0 Å². The lowest BCUT2D eigenvalue weighted by Crippen LogP contribution is -2.00. The lowest BCUT2D eigenvalue weighted by Gasteiger charge is -2.13. The predicted molar refractivity (Wildman–Crippen MR) is 56.6 cm³/mol. The SMILES string of the molecule is COc1ccccc1C(CCO)N=[N+]=[N-]. The fraction of sp³-hybridized carbons (Fsp3) is 0.400. The molecule has 1 atom stereocenters. The topological polar surface area (TPSA) is 78.2 Å². The molecule has 1 aromatic carbocycles. The third kappa shape index (κ3) is 2.87. The maximum absolute atomic E-state index is 8.86. The summed E-state index contributed by atoms with van der Waals surface area (Å²) in [5, 5.41) is 12.5. The van der Waals surface area contributed by atoms with Crippen molar-refractivity contribution in [1.29, 1.82) is 0 Å². The third-order valence-electron chi connectivity index (χ3n) is 2.09. The van der Waals surface area contributed by atoms with E-state index < -0.39 is 0 Å². The van der Waals surface area contributed by atoms with Crippen LogP contribution in [0.3, 0.4) is 0 Å². The Morgan fingerprint density at radius 3 is 2.87 bits per heavy atom. The predicted octanol–water partition coefficient (Wildman–Crippen LogP) is 2.43. The molecule has 0 fully saturated rings. The summed E-state index contributed by atoms with van der Waals surface area (Å²) in [5.74, 6) is 0.670. The highest BCUT2D eigenvalue weighted by Gasteiger charge is 2.13. The Bertz CT molecular complexity index is 361. The van der Waals surface area contributed by atoms with Gasteiger partial charge in [0.2, 0.25) is 0 Å². The molecule has 5 heteroatoms. The molecule has 1 N–H and O–H groups in total. The van der Waals surface area contributed by atoms with Gasteiger partial charge in [0.1, 0.15) is 5.75 Å². The van der Waals surface area contributed by atoms with Gasteiger partial charge < -0.3 is 9.84 Å². The van der Waals surface area contributed by atoms with Gasteiger partial charge in [0.05, 0.1) is 13.2 Å². The Balaban J connectivity index is 3.03. The van der Waals surface area contributed by atoms with Gasteiger partial charge in [-0.25, -0.2) is 0 Å². The van der Waals surface area contributed by atoms with Crippen LogP contribution >= 0.6 is 0 Å². The Kier molecular flexibility index (Phi) is 4.47. The quantitative estimate of drug-likeness (QED) is 0.457. The maximum Gasteiger partial charge on any atom is 0.122 e. The summed E-state index contributed by atoms with van der Waals surface area (Å²) >= 11 is 0. The summed E-state index contributed by atoms with van der Waals surface area (Å²) in [6.07, 6.45) is 0.393. The van der Waals surface area contributed by atoms with Gasteiger partial charge in [-0.2, -0.15) is 0 Å². The largest absolute Gasteiger partial charge is 0.496 e. The molecule has 15 heavy (non-hydrogen) atoms. The van der Waals surface area contributed by atoms with Gasteiger partial charge in [0.25, 0.3) is 0 Å². The monoisotopic (exact) mass is 207 g/mol. The average molecular weight is 207 g/mol. The van der Waals surface area contributed by atoms with Crippen LogP contribution in [0.4, 0.5) is 0 Å². The van der Waals surface area contributed by atoms with E-state index in [0.717, 1.165) is 5.56 Å². The van der Waals surface area contributed by atoms with Gasteiger partial charge in [0.15, 0.2) is 0 Å². The molecule has 0 amide bonds. The van der Waals surface area contributed by atoms with Crippen molar-refractivity contribution >= 4 is 0 Å². The van der Waals surface area contributed by atoms with Crippen molar-refractivity contribution in [2.24, 2.45) is 5.11 Å². The highest BCUT2D eigenvalue weighted by atomic mass is 16.5. The van der Waals surface area contributed by atoms with Crippen LogP contribution in [0, 0.1) is 0 Å². The van der Waals surface area contributed by atoms with Gasteiger partial charge >= 0.3 is 0 Å². The molecule has 0 heterocycles. The first kappa shape index (κ1) is 11.4. The van der Waals surface area contributed by atoms with Gasteiger partial charge in [-0.3, -0.25) is 0 Å². The normalized spacial score (nSPS) is 11.6. The Labute approximate surface area is 87.9 Å². The van der Waals surface area contributed by atoms with Gasteiger partial charge in [-0.15, -0.1) is 0 Å². The summed E-state index contributed by atoms with van der Waals surface area (Å²) in [4.78, 5) is 2.76. The zero-order valence-corrected chi connectivity index (χ0v) is 8.50. The smallest absolute Gasteiger partial charge is 0.122 e. The Hall–Kier alpha value is -1.71. The number of para-hydroxylation sites is 1. The first-order chi connectivity index (χ1) is 7.33. The molecule has 1 aromatic rings. The van der Waals surface area contributed by atoms with Crippen molar-refractivity contribution in [2.75, 3.05) is 13.7 Å². The number of methoxy groups -OCH3 is 1. The van der Waals surface area contributed by atoms with Crippen LogP contribution in [0.2, 0.25) is 0 Å². The van der Waals surface area contributed by atoms with E-state index >= 15 is 0 Å². The summed E-state index contributed by atoms with van der Waals surface area (Å²) in [5.41, 5.74) is 9.22. The molecule has 0 aliphatic carbocycles. The van der Waals surface area contributed by atoms with E-state index in [-0.39, 0.29) is 12.6 Å². The highest BCUT2D eigenvalue weighted by Crippen LogP contribution is 2.29.